The zero-order chi connectivity index (χ0) is 13.9. The zero-order valence-electron chi connectivity index (χ0n) is 11.8. The molecule has 0 aliphatic heterocycles. The molecule has 20 heavy (non-hydrogen) atoms. The Morgan fingerprint density at radius 2 is 1.95 bits per heavy atom. The van der Waals surface area contributed by atoms with Crippen LogP contribution in [0.3, 0.4) is 0 Å². The normalized spacial score (nSPS) is 15.7. The molecule has 3 rings (SSSR count). The molecule has 0 radical (unpaired) electrons. The highest BCUT2D eigenvalue weighted by molar-refractivity contribution is 7.12. The van der Waals surface area contributed by atoms with Gasteiger partial charge in [0.05, 0.1) is 6.61 Å². The average molecular weight is 288 g/mol. The van der Waals surface area contributed by atoms with E-state index in [-0.39, 0.29) is 0 Å². The summed E-state index contributed by atoms with van der Waals surface area (Å²) in [6, 6.07) is 9.95. The lowest BCUT2D eigenvalue weighted by Crippen LogP contribution is -1.98. The minimum absolute atomic E-state index is 0.513. The molecular weight excluding hydrogens is 268 g/mol. The van der Waals surface area contributed by atoms with Crippen molar-refractivity contribution in [1.29, 1.82) is 0 Å². The summed E-state index contributed by atoms with van der Waals surface area (Å²) in [5.41, 5.74) is 2.38. The molecule has 1 unspecified atom stereocenters. The summed E-state index contributed by atoms with van der Waals surface area (Å²) in [5, 5.41) is 10.5. The highest BCUT2D eigenvalue weighted by Gasteiger charge is 2.18. The minimum Gasteiger partial charge on any atom is -0.494 e. The Balaban J connectivity index is 1.80. The standard InChI is InChI=1S/C17H20O2S/c1-2-19-14-9-7-12(8-10-14)17(18)16-11-13-5-3-4-6-15(13)20-16/h7-11,17-18H,2-6H2,1H3. The summed E-state index contributed by atoms with van der Waals surface area (Å²) < 4.78 is 5.43. The van der Waals surface area contributed by atoms with Crippen LogP contribution in [0.1, 0.15) is 46.8 Å². The van der Waals surface area contributed by atoms with Crippen LogP contribution in [-0.2, 0) is 12.8 Å². The SMILES string of the molecule is CCOc1ccc(C(O)c2cc3c(s2)CCCC3)cc1. The second-order valence-electron chi connectivity index (χ2n) is 5.21. The van der Waals surface area contributed by atoms with E-state index in [9.17, 15) is 5.11 Å². The second-order valence-corrected chi connectivity index (χ2v) is 6.38. The Morgan fingerprint density at radius 3 is 2.65 bits per heavy atom. The van der Waals surface area contributed by atoms with Gasteiger partial charge in [0.2, 0.25) is 0 Å². The summed E-state index contributed by atoms with van der Waals surface area (Å²) in [4.78, 5) is 2.54. The molecule has 2 aromatic rings. The van der Waals surface area contributed by atoms with Gasteiger partial charge in [0.1, 0.15) is 11.9 Å². The van der Waals surface area contributed by atoms with Crippen LogP contribution in [0.5, 0.6) is 5.75 Å². The van der Waals surface area contributed by atoms with E-state index in [1.807, 2.05) is 31.2 Å². The predicted octanol–water partition coefficient (Wildman–Crippen LogP) is 4.11. The van der Waals surface area contributed by atoms with E-state index in [1.54, 1.807) is 11.3 Å². The van der Waals surface area contributed by atoms with Gasteiger partial charge in [-0.15, -0.1) is 11.3 Å². The van der Waals surface area contributed by atoms with E-state index < -0.39 is 6.10 Å². The van der Waals surface area contributed by atoms with Gasteiger partial charge >= 0.3 is 0 Å². The van der Waals surface area contributed by atoms with Gasteiger partial charge in [-0.1, -0.05) is 12.1 Å². The molecular formula is C17H20O2S. The molecule has 1 aromatic heterocycles. The van der Waals surface area contributed by atoms with E-state index >= 15 is 0 Å². The van der Waals surface area contributed by atoms with Crippen molar-refractivity contribution in [3.63, 3.8) is 0 Å². The van der Waals surface area contributed by atoms with Crippen molar-refractivity contribution >= 4 is 11.3 Å². The molecule has 0 saturated carbocycles. The third-order valence-corrected chi connectivity index (χ3v) is 5.08. The molecule has 0 spiro atoms. The fourth-order valence-electron chi connectivity index (χ4n) is 2.73. The van der Waals surface area contributed by atoms with Crippen LogP contribution in [0.4, 0.5) is 0 Å². The lowest BCUT2D eigenvalue weighted by atomic mass is 9.98. The van der Waals surface area contributed by atoms with Gasteiger partial charge in [-0.05, 0) is 61.9 Å². The first kappa shape index (κ1) is 13.7. The van der Waals surface area contributed by atoms with Crippen LogP contribution < -0.4 is 4.74 Å². The molecule has 1 aliphatic carbocycles. The van der Waals surface area contributed by atoms with Crippen LogP contribution in [0.15, 0.2) is 30.3 Å². The zero-order valence-corrected chi connectivity index (χ0v) is 12.6. The highest BCUT2D eigenvalue weighted by Crippen LogP contribution is 2.35. The lowest BCUT2D eigenvalue weighted by Gasteiger charge is -2.10. The van der Waals surface area contributed by atoms with Gasteiger partial charge in [-0.25, -0.2) is 0 Å². The van der Waals surface area contributed by atoms with Gasteiger partial charge in [-0.3, -0.25) is 0 Å². The molecule has 0 fully saturated rings. The Hall–Kier alpha value is -1.32. The van der Waals surface area contributed by atoms with Crippen LogP contribution in [0.25, 0.3) is 0 Å². The first-order chi connectivity index (χ1) is 9.78. The van der Waals surface area contributed by atoms with Crippen molar-refractivity contribution in [3.8, 4) is 5.75 Å². The average Bonchev–Trinajstić information content (AvgIpc) is 2.91. The van der Waals surface area contributed by atoms with Crippen molar-refractivity contribution in [2.75, 3.05) is 6.61 Å². The van der Waals surface area contributed by atoms with E-state index in [0.717, 1.165) is 16.2 Å². The number of thiophene rings is 1. The first-order valence-corrected chi connectivity index (χ1v) is 8.12. The van der Waals surface area contributed by atoms with Crippen molar-refractivity contribution in [2.45, 2.75) is 38.7 Å². The topological polar surface area (TPSA) is 29.5 Å². The monoisotopic (exact) mass is 288 g/mol. The number of fused-ring (bicyclic) bond motifs is 1. The van der Waals surface area contributed by atoms with Crippen LogP contribution in [0.2, 0.25) is 0 Å². The van der Waals surface area contributed by atoms with E-state index in [0.29, 0.717) is 6.61 Å². The summed E-state index contributed by atoms with van der Waals surface area (Å²) in [5.74, 6) is 0.855. The van der Waals surface area contributed by atoms with Crippen molar-refractivity contribution in [3.05, 3.63) is 51.2 Å². The van der Waals surface area contributed by atoms with Crippen LogP contribution in [-0.4, -0.2) is 11.7 Å². The lowest BCUT2D eigenvalue weighted by molar-refractivity contribution is 0.224. The number of ether oxygens (including phenoxy) is 1. The molecule has 3 heteroatoms. The van der Waals surface area contributed by atoms with Gasteiger partial charge in [0.25, 0.3) is 0 Å². The van der Waals surface area contributed by atoms with E-state index in [4.69, 9.17) is 4.74 Å². The van der Waals surface area contributed by atoms with Crippen LogP contribution >= 0.6 is 11.3 Å². The largest absolute Gasteiger partial charge is 0.494 e. The summed E-state index contributed by atoms with van der Waals surface area (Å²) >= 11 is 1.77. The third-order valence-electron chi connectivity index (χ3n) is 3.79. The third kappa shape index (κ3) is 2.74. The molecule has 1 N–H and O–H groups in total. The number of aliphatic hydroxyl groups is 1. The molecule has 0 amide bonds. The Bertz CT molecular complexity index is 548. The van der Waals surface area contributed by atoms with Gasteiger partial charge in [-0.2, -0.15) is 0 Å². The summed E-state index contributed by atoms with van der Waals surface area (Å²) in [7, 11) is 0. The predicted molar refractivity (Wildman–Crippen MR) is 82.6 cm³/mol. The molecule has 0 saturated heterocycles. The van der Waals surface area contributed by atoms with Crippen LogP contribution in [0, 0.1) is 0 Å². The number of hydrogen-bond acceptors (Lipinski definition) is 3. The van der Waals surface area contributed by atoms with Gasteiger partial charge in [0, 0.05) is 9.75 Å². The maximum Gasteiger partial charge on any atom is 0.119 e. The fraction of sp³-hybridized carbons (Fsp3) is 0.412. The number of benzene rings is 1. The van der Waals surface area contributed by atoms with Crippen molar-refractivity contribution in [1.82, 2.24) is 0 Å². The van der Waals surface area contributed by atoms with Gasteiger partial charge in [0.15, 0.2) is 0 Å². The molecule has 106 valence electrons. The van der Waals surface area contributed by atoms with E-state index in [2.05, 4.69) is 6.07 Å². The second kappa shape index (κ2) is 5.98. The minimum atomic E-state index is -0.513. The maximum atomic E-state index is 10.5. The Morgan fingerprint density at radius 1 is 1.20 bits per heavy atom. The van der Waals surface area contributed by atoms with E-state index in [1.165, 1.54) is 36.1 Å². The van der Waals surface area contributed by atoms with Crippen molar-refractivity contribution < 1.29 is 9.84 Å². The Labute approximate surface area is 124 Å². The van der Waals surface area contributed by atoms with Gasteiger partial charge < -0.3 is 9.84 Å². The maximum absolute atomic E-state index is 10.5. The number of rotatable bonds is 4. The molecule has 2 nitrogen and oxygen atoms in total. The Kier molecular flexibility index (Phi) is 4.08. The number of hydrogen-bond donors (Lipinski definition) is 1. The quantitative estimate of drug-likeness (QED) is 0.917. The molecule has 1 aliphatic rings. The molecule has 1 aromatic carbocycles. The van der Waals surface area contributed by atoms with Crippen molar-refractivity contribution in [2.24, 2.45) is 0 Å². The number of aryl methyl sites for hydroxylation is 2. The first-order valence-electron chi connectivity index (χ1n) is 7.30. The number of aliphatic hydroxyl groups excluding tert-OH is 1. The highest BCUT2D eigenvalue weighted by atomic mass is 32.1. The molecule has 0 bridgehead atoms. The molecule has 1 atom stereocenters. The molecule has 1 heterocycles. The fourth-order valence-corrected chi connectivity index (χ4v) is 4.00. The summed E-state index contributed by atoms with van der Waals surface area (Å²) in [6.45, 7) is 2.64. The summed E-state index contributed by atoms with van der Waals surface area (Å²) in [6.07, 6.45) is 4.40. The smallest absolute Gasteiger partial charge is 0.119 e.